The maximum Gasteiger partial charge on any atom is 0.255 e. The van der Waals surface area contributed by atoms with Crippen molar-refractivity contribution in [3.8, 4) is 0 Å². The fourth-order valence-electron chi connectivity index (χ4n) is 3.08. The lowest BCUT2D eigenvalue weighted by atomic mass is 9.94. The monoisotopic (exact) mass is 346 g/mol. The minimum Gasteiger partial charge on any atom is -0.326 e. The topological polar surface area (TPSA) is 84.7 Å². The Morgan fingerprint density at radius 2 is 1.81 bits per heavy atom. The van der Waals surface area contributed by atoms with E-state index in [0.717, 1.165) is 22.5 Å². The average molecular weight is 346 g/mol. The van der Waals surface area contributed by atoms with Crippen LogP contribution >= 0.6 is 0 Å². The van der Waals surface area contributed by atoms with Crippen LogP contribution in [0.1, 0.15) is 24.1 Å². The maximum absolute atomic E-state index is 13.1. The van der Waals surface area contributed by atoms with E-state index in [-0.39, 0.29) is 5.91 Å². The van der Waals surface area contributed by atoms with Gasteiger partial charge in [-0.25, -0.2) is 0 Å². The SMILES string of the molecule is CC1=C(C(=O)Nc2ccccc2)[C@@H](c2ccc(C)cc2)n2nnnc2N1. The third-order valence-electron chi connectivity index (χ3n) is 4.38. The summed E-state index contributed by atoms with van der Waals surface area (Å²) in [6.07, 6.45) is 0. The molecule has 26 heavy (non-hydrogen) atoms. The van der Waals surface area contributed by atoms with Gasteiger partial charge in [0.1, 0.15) is 6.04 Å². The van der Waals surface area contributed by atoms with Crippen LogP contribution < -0.4 is 10.6 Å². The minimum absolute atomic E-state index is 0.187. The summed E-state index contributed by atoms with van der Waals surface area (Å²) in [6.45, 7) is 3.89. The highest BCUT2D eigenvalue weighted by molar-refractivity contribution is 6.05. The van der Waals surface area contributed by atoms with Crippen LogP contribution in [-0.4, -0.2) is 26.1 Å². The van der Waals surface area contributed by atoms with Gasteiger partial charge in [0.15, 0.2) is 0 Å². The smallest absolute Gasteiger partial charge is 0.255 e. The molecule has 7 nitrogen and oxygen atoms in total. The number of para-hydroxylation sites is 1. The van der Waals surface area contributed by atoms with Gasteiger partial charge in [0.05, 0.1) is 5.57 Å². The van der Waals surface area contributed by atoms with Crippen LogP contribution in [0.2, 0.25) is 0 Å². The number of carbonyl (C=O) groups is 1. The molecule has 1 aromatic heterocycles. The zero-order valence-electron chi connectivity index (χ0n) is 14.5. The summed E-state index contributed by atoms with van der Waals surface area (Å²) >= 11 is 0. The molecule has 4 rings (SSSR count). The Balaban J connectivity index is 1.77. The van der Waals surface area contributed by atoms with Gasteiger partial charge in [0, 0.05) is 11.4 Å². The maximum atomic E-state index is 13.1. The molecule has 0 bridgehead atoms. The lowest BCUT2D eigenvalue weighted by Crippen LogP contribution is -2.31. The predicted octanol–water partition coefficient (Wildman–Crippen LogP) is 2.91. The zero-order valence-corrected chi connectivity index (χ0v) is 14.5. The van der Waals surface area contributed by atoms with Crippen molar-refractivity contribution in [2.24, 2.45) is 0 Å². The van der Waals surface area contributed by atoms with Crippen LogP contribution in [0.3, 0.4) is 0 Å². The molecule has 1 amide bonds. The number of aromatic nitrogens is 4. The Morgan fingerprint density at radius 1 is 1.08 bits per heavy atom. The van der Waals surface area contributed by atoms with Crippen LogP contribution in [0.4, 0.5) is 11.6 Å². The van der Waals surface area contributed by atoms with E-state index in [2.05, 4.69) is 26.2 Å². The van der Waals surface area contributed by atoms with Crippen molar-refractivity contribution < 1.29 is 4.79 Å². The fraction of sp³-hybridized carbons (Fsp3) is 0.158. The normalized spacial score (nSPS) is 16.0. The number of nitrogens with one attached hydrogen (secondary N) is 2. The van der Waals surface area contributed by atoms with Crippen LogP contribution in [0.5, 0.6) is 0 Å². The third-order valence-corrected chi connectivity index (χ3v) is 4.38. The number of rotatable bonds is 3. The number of tetrazole rings is 1. The van der Waals surface area contributed by atoms with E-state index in [1.807, 2.05) is 68.4 Å². The van der Waals surface area contributed by atoms with Gasteiger partial charge in [0.25, 0.3) is 5.91 Å². The van der Waals surface area contributed by atoms with Crippen molar-refractivity contribution >= 4 is 17.5 Å². The van der Waals surface area contributed by atoms with Crippen molar-refractivity contribution in [3.05, 3.63) is 77.0 Å². The number of allylic oxidation sites excluding steroid dienone is 1. The first-order valence-electron chi connectivity index (χ1n) is 8.32. The summed E-state index contributed by atoms with van der Waals surface area (Å²) in [5, 5.41) is 17.9. The molecule has 3 aromatic rings. The quantitative estimate of drug-likeness (QED) is 0.762. The molecule has 0 saturated carbocycles. The van der Waals surface area contributed by atoms with Crippen molar-refractivity contribution in [3.63, 3.8) is 0 Å². The van der Waals surface area contributed by atoms with Gasteiger partial charge in [0.2, 0.25) is 5.95 Å². The summed E-state index contributed by atoms with van der Waals surface area (Å²) in [7, 11) is 0. The second-order valence-corrected chi connectivity index (χ2v) is 6.24. The predicted molar refractivity (Wildman–Crippen MR) is 98.5 cm³/mol. The van der Waals surface area contributed by atoms with Crippen molar-refractivity contribution in [2.45, 2.75) is 19.9 Å². The van der Waals surface area contributed by atoms with E-state index in [4.69, 9.17) is 0 Å². The van der Waals surface area contributed by atoms with Gasteiger partial charge in [-0.1, -0.05) is 53.1 Å². The highest BCUT2D eigenvalue weighted by Crippen LogP contribution is 2.34. The number of anilines is 2. The first-order chi connectivity index (χ1) is 12.6. The molecule has 130 valence electrons. The van der Waals surface area contributed by atoms with Gasteiger partial charge >= 0.3 is 0 Å². The van der Waals surface area contributed by atoms with Crippen LogP contribution in [0.25, 0.3) is 0 Å². The van der Waals surface area contributed by atoms with Gasteiger partial charge < -0.3 is 10.6 Å². The Morgan fingerprint density at radius 3 is 2.54 bits per heavy atom. The molecule has 0 fully saturated rings. The number of fused-ring (bicyclic) bond motifs is 1. The molecule has 2 N–H and O–H groups in total. The molecule has 1 aliphatic rings. The number of hydrogen-bond acceptors (Lipinski definition) is 5. The molecule has 2 aromatic carbocycles. The lowest BCUT2D eigenvalue weighted by Gasteiger charge is -2.28. The summed E-state index contributed by atoms with van der Waals surface area (Å²) in [6, 6.07) is 17.0. The van der Waals surface area contributed by atoms with E-state index in [1.165, 1.54) is 0 Å². The van der Waals surface area contributed by atoms with Crippen LogP contribution in [0.15, 0.2) is 65.9 Å². The van der Waals surface area contributed by atoms with E-state index >= 15 is 0 Å². The number of carbonyl (C=O) groups excluding carboxylic acids is 1. The van der Waals surface area contributed by atoms with E-state index in [1.54, 1.807) is 4.68 Å². The van der Waals surface area contributed by atoms with Crippen LogP contribution in [0, 0.1) is 6.92 Å². The number of hydrogen-bond donors (Lipinski definition) is 2. The summed E-state index contributed by atoms with van der Waals surface area (Å²) < 4.78 is 1.64. The molecule has 0 spiro atoms. The zero-order chi connectivity index (χ0) is 18.1. The summed E-state index contributed by atoms with van der Waals surface area (Å²) in [4.78, 5) is 13.1. The second-order valence-electron chi connectivity index (χ2n) is 6.24. The Bertz CT molecular complexity index is 975. The van der Waals surface area contributed by atoms with Crippen LogP contribution in [-0.2, 0) is 4.79 Å². The molecule has 1 atom stereocenters. The number of benzene rings is 2. The highest BCUT2D eigenvalue weighted by atomic mass is 16.1. The molecular weight excluding hydrogens is 328 g/mol. The van der Waals surface area contributed by atoms with Gasteiger partial charge in [-0.05, 0) is 42.0 Å². The number of aryl methyl sites for hydroxylation is 1. The number of amides is 1. The van der Waals surface area contributed by atoms with Gasteiger partial charge in [-0.2, -0.15) is 4.68 Å². The molecule has 7 heteroatoms. The summed E-state index contributed by atoms with van der Waals surface area (Å²) in [5.41, 5.74) is 4.14. The molecule has 1 aliphatic heterocycles. The third kappa shape index (κ3) is 2.83. The largest absolute Gasteiger partial charge is 0.326 e. The molecule has 0 radical (unpaired) electrons. The second kappa shape index (κ2) is 6.44. The van der Waals surface area contributed by atoms with E-state index < -0.39 is 6.04 Å². The average Bonchev–Trinajstić information content (AvgIpc) is 3.10. The van der Waals surface area contributed by atoms with Gasteiger partial charge in [-0.3, -0.25) is 4.79 Å². The van der Waals surface area contributed by atoms with E-state index in [0.29, 0.717) is 11.5 Å². The fourth-order valence-corrected chi connectivity index (χ4v) is 3.08. The summed E-state index contributed by atoms with van der Waals surface area (Å²) in [5.74, 6) is 0.331. The van der Waals surface area contributed by atoms with Crippen molar-refractivity contribution in [2.75, 3.05) is 10.6 Å². The van der Waals surface area contributed by atoms with Crippen molar-refractivity contribution in [1.29, 1.82) is 0 Å². The highest BCUT2D eigenvalue weighted by Gasteiger charge is 2.33. The van der Waals surface area contributed by atoms with Gasteiger partial charge in [-0.15, -0.1) is 0 Å². The molecule has 0 aliphatic carbocycles. The molecular formula is C19H18N6O. The Labute approximate surface area is 150 Å². The minimum atomic E-state index is -0.398. The number of nitrogens with zero attached hydrogens (tertiary/aromatic N) is 4. The standard InChI is InChI=1S/C19H18N6O/c1-12-8-10-14(11-9-12)17-16(13(2)20-19-22-23-24-25(17)19)18(26)21-15-6-4-3-5-7-15/h3-11,17H,1-2H3,(H,21,26)(H,20,22,24)/t17-/m1/s1. The van der Waals surface area contributed by atoms with E-state index in [9.17, 15) is 4.79 Å². The van der Waals surface area contributed by atoms with Crippen molar-refractivity contribution in [1.82, 2.24) is 20.2 Å². The molecule has 2 heterocycles. The molecule has 0 saturated heterocycles. The molecule has 0 unspecified atom stereocenters. The Kier molecular flexibility index (Phi) is 3.96. The Hall–Kier alpha value is -3.48. The first-order valence-corrected chi connectivity index (χ1v) is 8.32. The lowest BCUT2D eigenvalue weighted by molar-refractivity contribution is -0.113. The first kappa shape index (κ1) is 16.0.